The van der Waals surface area contributed by atoms with E-state index in [1.165, 1.54) is 0 Å². The Balaban J connectivity index is 2.14. The van der Waals surface area contributed by atoms with Gasteiger partial charge in [-0.1, -0.05) is 29.8 Å². The average molecular weight is 264 g/mol. The topological polar surface area (TPSA) is 42.4 Å². The van der Waals surface area contributed by atoms with Crippen LogP contribution in [-0.4, -0.2) is 10.1 Å². The van der Waals surface area contributed by atoms with Crippen LogP contribution in [0.1, 0.15) is 24.2 Å². The molecule has 0 radical (unpaired) electrons. The van der Waals surface area contributed by atoms with E-state index in [1.807, 2.05) is 30.3 Å². The molecule has 3 nitrogen and oxygen atoms in total. The molecule has 0 spiro atoms. The second kappa shape index (κ2) is 5.85. The molecule has 0 saturated heterocycles. The second-order valence-corrected chi connectivity index (χ2v) is 4.38. The van der Waals surface area contributed by atoms with Gasteiger partial charge in [-0.3, -0.25) is 4.98 Å². The summed E-state index contributed by atoms with van der Waals surface area (Å²) in [5, 5.41) is 10.2. The van der Waals surface area contributed by atoms with Crippen LogP contribution in [-0.2, 0) is 6.61 Å². The minimum atomic E-state index is -0.561. The van der Waals surface area contributed by atoms with Crippen molar-refractivity contribution in [3.8, 4) is 5.75 Å². The van der Waals surface area contributed by atoms with Gasteiger partial charge >= 0.3 is 0 Å². The minimum absolute atomic E-state index is 0.352. The van der Waals surface area contributed by atoms with Gasteiger partial charge in [-0.25, -0.2) is 0 Å². The molecule has 0 aliphatic heterocycles. The fourth-order valence-electron chi connectivity index (χ4n) is 1.63. The van der Waals surface area contributed by atoms with Crippen LogP contribution in [0.3, 0.4) is 0 Å². The first-order valence-electron chi connectivity index (χ1n) is 5.66. The standard InChI is InChI=1S/C14H14ClNO2/c1-10(17)12-4-2-3-5-14(12)18-9-11-6-7-16-8-13(11)15/h2-8,10,17H,9H2,1H3/t10-/m1/s1. The van der Waals surface area contributed by atoms with E-state index < -0.39 is 6.10 Å². The number of nitrogens with zero attached hydrogens (tertiary/aromatic N) is 1. The zero-order valence-corrected chi connectivity index (χ0v) is 10.8. The predicted octanol–water partition coefficient (Wildman–Crippen LogP) is 3.37. The minimum Gasteiger partial charge on any atom is -0.488 e. The molecular formula is C14H14ClNO2. The Morgan fingerprint density at radius 1 is 1.33 bits per heavy atom. The SMILES string of the molecule is C[C@@H](O)c1ccccc1OCc1ccncc1Cl. The zero-order chi connectivity index (χ0) is 13.0. The number of benzene rings is 1. The first-order chi connectivity index (χ1) is 8.68. The van der Waals surface area contributed by atoms with E-state index in [0.717, 1.165) is 11.1 Å². The monoisotopic (exact) mass is 263 g/mol. The molecule has 0 saturated carbocycles. The van der Waals surface area contributed by atoms with Crippen molar-refractivity contribution in [3.05, 3.63) is 58.9 Å². The van der Waals surface area contributed by atoms with Crippen molar-refractivity contribution in [2.45, 2.75) is 19.6 Å². The normalized spacial score (nSPS) is 12.2. The highest BCUT2D eigenvalue weighted by atomic mass is 35.5. The molecule has 1 atom stereocenters. The maximum atomic E-state index is 9.64. The van der Waals surface area contributed by atoms with Crippen LogP contribution in [0.5, 0.6) is 5.75 Å². The van der Waals surface area contributed by atoms with E-state index in [-0.39, 0.29) is 0 Å². The van der Waals surface area contributed by atoms with Crippen molar-refractivity contribution in [1.82, 2.24) is 4.98 Å². The Morgan fingerprint density at radius 2 is 2.11 bits per heavy atom. The second-order valence-electron chi connectivity index (χ2n) is 3.97. The van der Waals surface area contributed by atoms with E-state index >= 15 is 0 Å². The predicted molar refractivity (Wildman–Crippen MR) is 70.7 cm³/mol. The van der Waals surface area contributed by atoms with Crippen molar-refractivity contribution >= 4 is 11.6 Å². The van der Waals surface area contributed by atoms with Crippen molar-refractivity contribution in [3.63, 3.8) is 0 Å². The third-order valence-electron chi connectivity index (χ3n) is 2.61. The number of hydrogen-bond acceptors (Lipinski definition) is 3. The summed E-state index contributed by atoms with van der Waals surface area (Å²) in [4.78, 5) is 3.92. The number of para-hydroxylation sites is 1. The summed E-state index contributed by atoms with van der Waals surface area (Å²) < 4.78 is 5.69. The number of aliphatic hydroxyl groups is 1. The van der Waals surface area contributed by atoms with Crippen LogP contribution in [0.2, 0.25) is 5.02 Å². The molecule has 1 heterocycles. The van der Waals surface area contributed by atoms with E-state index in [1.54, 1.807) is 19.3 Å². The molecule has 1 aromatic heterocycles. The van der Waals surface area contributed by atoms with Gasteiger partial charge < -0.3 is 9.84 Å². The highest BCUT2D eigenvalue weighted by molar-refractivity contribution is 6.31. The molecule has 0 aliphatic rings. The first-order valence-corrected chi connectivity index (χ1v) is 6.04. The number of ether oxygens (including phenoxy) is 1. The van der Waals surface area contributed by atoms with Crippen molar-refractivity contribution < 1.29 is 9.84 Å². The maximum Gasteiger partial charge on any atom is 0.125 e. The number of aliphatic hydroxyl groups excluding tert-OH is 1. The summed E-state index contributed by atoms with van der Waals surface area (Å²) >= 11 is 6.00. The molecule has 1 N–H and O–H groups in total. The summed E-state index contributed by atoms with van der Waals surface area (Å²) in [7, 11) is 0. The molecule has 0 bridgehead atoms. The first kappa shape index (κ1) is 12.9. The van der Waals surface area contributed by atoms with Crippen LogP contribution in [0.4, 0.5) is 0 Å². The Hall–Kier alpha value is -1.58. The molecule has 1 aromatic carbocycles. The van der Waals surface area contributed by atoms with E-state index in [0.29, 0.717) is 17.4 Å². The fourth-order valence-corrected chi connectivity index (χ4v) is 1.81. The molecule has 2 aromatic rings. The van der Waals surface area contributed by atoms with E-state index in [4.69, 9.17) is 16.3 Å². The van der Waals surface area contributed by atoms with Crippen LogP contribution in [0, 0.1) is 0 Å². The lowest BCUT2D eigenvalue weighted by atomic mass is 10.1. The van der Waals surface area contributed by atoms with Gasteiger partial charge in [-0.05, 0) is 19.1 Å². The Kier molecular flexibility index (Phi) is 4.18. The molecule has 0 amide bonds. The number of pyridine rings is 1. The van der Waals surface area contributed by atoms with Crippen molar-refractivity contribution in [1.29, 1.82) is 0 Å². The third kappa shape index (κ3) is 3.00. The summed E-state index contributed by atoms with van der Waals surface area (Å²) in [6, 6.07) is 9.22. The lowest BCUT2D eigenvalue weighted by Gasteiger charge is -2.13. The summed E-state index contributed by atoms with van der Waals surface area (Å²) in [5.74, 6) is 0.667. The van der Waals surface area contributed by atoms with Gasteiger partial charge in [-0.15, -0.1) is 0 Å². The van der Waals surface area contributed by atoms with Crippen LogP contribution >= 0.6 is 11.6 Å². The summed E-state index contributed by atoms with van der Waals surface area (Å²) in [6.45, 7) is 2.06. The molecule has 2 rings (SSSR count). The highest BCUT2D eigenvalue weighted by Gasteiger charge is 2.09. The Morgan fingerprint density at radius 3 is 2.83 bits per heavy atom. The summed E-state index contributed by atoms with van der Waals surface area (Å²) in [5.41, 5.74) is 1.63. The smallest absolute Gasteiger partial charge is 0.125 e. The molecule has 94 valence electrons. The van der Waals surface area contributed by atoms with Gasteiger partial charge in [0, 0.05) is 23.5 Å². The molecule has 4 heteroatoms. The van der Waals surface area contributed by atoms with Gasteiger partial charge in [0.25, 0.3) is 0 Å². The lowest BCUT2D eigenvalue weighted by molar-refractivity contribution is 0.190. The van der Waals surface area contributed by atoms with Gasteiger partial charge in [0.15, 0.2) is 0 Å². The maximum absolute atomic E-state index is 9.64. The molecular weight excluding hydrogens is 250 g/mol. The van der Waals surface area contributed by atoms with Crippen molar-refractivity contribution in [2.75, 3.05) is 0 Å². The zero-order valence-electron chi connectivity index (χ0n) is 10.0. The van der Waals surface area contributed by atoms with Gasteiger partial charge in [0.2, 0.25) is 0 Å². The van der Waals surface area contributed by atoms with Crippen LogP contribution < -0.4 is 4.74 Å². The summed E-state index contributed by atoms with van der Waals surface area (Å²) in [6.07, 6.45) is 2.69. The molecule has 18 heavy (non-hydrogen) atoms. The molecule has 0 aliphatic carbocycles. The van der Waals surface area contributed by atoms with E-state index in [2.05, 4.69) is 4.98 Å². The quantitative estimate of drug-likeness (QED) is 0.920. The largest absolute Gasteiger partial charge is 0.488 e. The van der Waals surface area contributed by atoms with Crippen molar-refractivity contribution in [2.24, 2.45) is 0 Å². The van der Waals surface area contributed by atoms with Crippen LogP contribution in [0.25, 0.3) is 0 Å². The third-order valence-corrected chi connectivity index (χ3v) is 2.95. The Labute approximate surface area is 111 Å². The van der Waals surface area contributed by atoms with Gasteiger partial charge in [-0.2, -0.15) is 0 Å². The highest BCUT2D eigenvalue weighted by Crippen LogP contribution is 2.26. The van der Waals surface area contributed by atoms with E-state index in [9.17, 15) is 5.11 Å². The number of rotatable bonds is 4. The number of halogens is 1. The van der Waals surface area contributed by atoms with Crippen LogP contribution in [0.15, 0.2) is 42.7 Å². The van der Waals surface area contributed by atoms with Gasteiger partial charge in [0.05, 0.1) is 11.1 Å². The van der Waals surface area contributed by atoms with Gasteiger partial charge in [0.1, 0.15) is 12.4 Å². The number of hydrogen-bond donors (Lipinski definition) is 1. The number of aromatic nitrogens is 1. The Bertz CT molecular complexity index is 529. The average Bonchev–Trinajstić information content (AvgIpc) is 2.38. The lowest BCUT2D eigenvalue weighted by Crippen LogP contribution is -2.01. The molecule has 0 fully saturated rings. The fraction of sp³-hybridized carbons (Fsp3) is 0.214. The molecule has 0 unspecified atom stereocenters.